The van der Waals surface area contributed by atoms with Gasteiger partial charge in [-0.1, -0.05) is 18.2 Å². The highest BCUT2D eigenvalue weighted by Crippen LogP contribution is 2.26. The number of aryl methyl sites for hydroxylation is 1. The highest BCUT2D eigenvalue weighted by molar-refractivity contribution is 7.89. The van der Waals surface area contributed by atoms with Crippen LogP contribution in [0, 0.1) is 12.7 Å². The van der Waals surface area contributed by atoms with E-state index in [1.807, 2.05) is 0 Å². The Kier molecular flexibility index (Phi) is 5.51. The average molecular weight is 337 g/mol. The Morgan fingerprint density at radius 2 is 1.96 bits per heavy atom. The summed E-state index contributed by atoms with van der Waals surface area (Å²) in [5, 5.41) is 0. The summed E-state index contributed by atoms with van der Waals surface area (Å²) in [7, 11) is -2.12. The number of nitrogens with one attached hydrogen (secondary N) is 1. The van der Waals surface area contributed by atoms with Crippen molar-refractivity contribution in [1.29, 1.82) is 0 Å². The third-order valence-electron chi connectivity index (χ3n) is 3.42. The van der Waals surface area contributed by atoms with Crippen LogP contribution >= 0.6 is 0 Å². The monoisotopic (exact) mass is 337 g/mol. The van der Waals surface area contributed by atoms with Crippen LogP contribution in [0.15, 0.2) is 47.4 Å². The van der Waals surface area contributed by atoms with Crippen molar-refractivity contribution in [2.75, 3.05) is 13.7 Å². The van der Waals surface area contributed by atoms with E-state index in [0.29, 0.717) is 0 Å². The number of halogens is 1. The molecule has 0 saturated carbocycles. The fourth-order valence-corrected chi connectivity index (χ4v) is 3.67. The van der Waals surface area contributed by atoms with Crippen molar-refractivity contribution in [2.24, 2.45) is 0 Å². The van der Waals surface area contributed by atoms with E-state index in [9.17, 15) is 12.8 Å². The van der Waals surface area contributed by atoms with Gasteiger partial charge in [-0.2, -0.15) is 0 Å². The van der Waals surface area contributed by atoms with Crippen molar-refractivity contribution in [2.45, 2.75) is 24.8 Å². The molecule has 124 valence electrons. The predicted octanol–water partition coefficient (Wildman–Crippen LogP) is 3.11. The van der Waals surface area contributed by atoms with Gasteiger partial charge in [-0.15, -0.1) is 0 Å². The van der Waals surface area contributed by atoms with Gasteiger partial charge in [-0.3, -0.25) is 0 Å². The summed E-state index contributed by atoms with van der Waals surface area (Å²) in [5.41, 5.74) is 2.28. The first kappa shape index (κ1) is 17.6. The average Bonchev–Trinajstić information content (AvgIpc) is 2.47. The van der Waals surface area contributed by atoms with E-state index >= 15 is 0 Å². The Hall–Kier alpha value is -1.76. The maximum Gasteiger partial charge on any atom is 0.240 e. The molecule has 0 aliphatic rings. The fourth-order valence-electron chi connectivity index (χ4n) is 2.40. The fraction of sp³-hybridized carbons (Fsp3) is 0.294. The van der Waals surface area contributed by atoms with E-state index in [2.05, 4.69) is 4.72 Å². The molecule has 0 unspecified atom stereocenters. The highest BCUT2D eigenvalue weighted by Gasteiger charge is 2.18. The molecule has 1 atom stereocenters. The summed E-state index contributed by atoms with van der Waals surface area (Å²) in [6.07, 6.45) is 0. The van der Waals surface area contributed by atoms with Crippen molar-refractivity contribution in [3.63, 3.8) is 0 Å². The number of ether oxygens (including phenoxy) is 1. The standard InChI is InChI=1S/C17H20FNO3S/c1-12-9-15(18)7-8-17(12)14-5-4-6-16(10-14)23(20,21)19-13(2)11-22-3/h4-10,13,19H,11H2,1-3H3/t13-/m0/s1. The lowest BCUT2D eigenvalue weighted by Crippen LogP contribution is -2.35. The zero-order chi connectivity index (χ0) is 17.0. The van der Waals surface area contributed by atoms with E-state index in [1.54, 1.807) is 38.1 Å². The molecule has 0 heterocycles. The SMILES string of the molecule is COC[C@H](C)NS(=O)(=O)c1cccc(-c2ccc(F)cc2C)c1. The molecule has 0 aromatic heterocycles. The number of rotatable bonds is 6. The van der Waals surface area contributed by atoms with Gasteiger partial charge in [0.1, 0.15) is 5.82 Å². The molecule has 0 fully saturated rings. The second kappa shape index (κ2) is 7.21. The molecule has 2 rings (SSSR count). The predicted molar refractivity (Wildman–Crippen MR) is 88.2 cm³/mol. The molecule has 0 bridgehead atoms. The first-order chi connectivity index (χ1) is 10.8. The van der Waals surface area contributed by atoms with Crippen LogP contribution in [0.25, 0.3) is 11.1 Å². The molecular formula is C17H20FNO3S. The number of hydrogen-bond acceptors (Lipinski definition) is 3. The Morgan fingerprint density at radius 3 is 2.61 bits per heavy atom. The quantitative estimate of drug-likeness (QED) is 0.881. The van der Waals surface area contributed by atoms with Crippen LogP contribution in [0.1, 0.15) is 12.5 Å². The molecule has 2 aromatic rings. The Balaban J connectivity index is 2.36. The van der Waals surface area contributed by atoms with Gasteiger partial charge < -0.3 is 4.74 Å². The van der Waals surface area contributed by atoms with Crippen LogP contribution in [0.3, 0.4) is 0 Å². The lowest BCUT2D eigenvalue weighted by Gasteiger charge is -2.14. The van der Waals surface area contributed by atoms with Gasteiger partial charge in [0.05, 0.1) is 11.5 Å². The van der Waals surface area contributed by atoms with Crippen LogP contribution in [0.5, 0.6) is 0 Å². The van der Waals surface area contributed by atoms with E-state index in [1.165, 1.54) is 25.3 Å². The topological polar surface area (TPSA) is 55.4 Å². The second-order valence-electron chi connectivity index (χ2n) is 5.46. The number of benzene rings is 2. The van der Waals surface area contributed by atoms with Crippen LogP contribution in [0.4, 0.5) is 4.39 Å². The third kappa shape index (κ3) is 4.37. The number of hydrogen-bond donors (Lipinski definition) is 1. The Labute approximate surface area is 136 Å². The normalized spacial score (nSPS) is 13.0. The van der Waals surface area contributed by atoms with E-state index < -0.39 is 10.0 Å². The lowest BCUT2D eigenvalue weighted by atomic mass is 10.0. The maximum atomic E-state index is 13.2. The van der Waals surface area contributed by atoms with E-state index in [0.717, 1.165) is 16.7 Å². The van der Waals surface area contributed by atoms with E-state index in [-0.39, 0.29) is 23.4 Å². The molecule has 0 spiro atoms. The van der Waals surface area contributed by atoms with Gasteiger partial charge >= 0.3 is 0 Å². The van der Waals surface area contributed by atoms with Crippen LogP contribution in [-0.4, -0.2) is 28.2 Å². The van der Waals surface area contributed by atoms with E-state index in [4.69, 9.17) is 4.74 Å². The number of sulfonamides is 1. The van der Waals surface area contributed by atoms with Crippen LogP contribution in [0.2, 0.25) is 0 Å². The maximum absolute atomic E-state index is 13.2. The lowest BCUT2D eigenvalue weighted by molar-refractivity contribution is 0.180. The summed E-state index contributed by atoms with van der Waals surface area (Å²) in [6, 6.07) is 10.7. The highest BCUT2D eigenvalue weighted by atomic mass is 32.2. The minimum Gasteiger partial charge on any atom is -0.383 e. The molecule has 2 aromatic carbocycles. The molecule has 0 aliphatic carbocycles. The van der Waals surface area contributed by atoms with Gasteiger partial charge in [-0.25, -0.2) is 17.5 Å². The first-order valence-electron chi connectivity index (χ1n) is 7.21. The van der Waals surface area contributed by atoms with Crippen LogP contribution in [-0.2, 0) is 14.8 Å². The molecule has 0 saturated heterocycles. The largest absolute Gasteiger partial charge is 0.383 e. The van der Waals surface area contributed by atoms with Gasteiger partial charge in [0.25, 0.3) is 0 Å². The molecule has 6 heteroatoms. The van der Waals surface area contributed by atoms with Crippen LogP contribution < -0.4 is 4.72 Å². The summed E-state index contributed by atoms with van der Waals surface area (Å²) < 4.78 is 45.6. The molecule has 0 amide bonds. The van der Waals surface area contributed by atoms with Crippen molar-refractivity contribution in [3.05, 3.63) is 53.8 Å². The molecule has 0 aliphatic heterocycles. The molecule has 23 heavy (non-hydrogen) atoms. The van der Waals surface area contributed by atoms with Gasteiger partial charge in [0.15, 0.2) is 0 Å². The summed E-state index contributed by atoms with van der Waals surface area (Å²) in [6.45, 7) is 3.81. The molecule has 0 radical (unpaired) electrons. The second-order valence-corrected chi connectivity index (χ2v) is 7.18. The van der Waals surface area contributed by atoms with Crippen molar-refractivity contribution in [1.82, 2.24) is 4.72 Å². The Bertz CT molecular complexity index is 790. The van der Waals surface area contributed by atoms with Crippen molar-refractivity contribution in [3.8, 4) is 11.1 Å². The van der Waals surface area contributed by atoms with Gasteiger partial charge in [0, 0.05) is 13.2 Å². The zero-order valence-electron chi connectivity index (χ0n) is 13.3. The van der Waals surface area contributed by atoms with Crippen molar-refractivity contribution < 1.29 is 17.5 Å². The van der Waals surface area contributed by atoms with Gasteiger partial charge in [0.2, 0.25) is 10.0 Å². The molecule has 4 nitrogen and oxygen atoms in total. The first-order valence-corrected chi connectivity index (χ1v) is 8.69. The molecular weight excluding hydrogens is 317 g/mol. The minimum atomic E-state index is -3.64. The van der Waals surface area contributed by atoms with Crippen molar-refractivity contribution >= 4 is 10.0 Å². The molecule has 1 N–H and O–H groups in total. The summed E-state index contributed by atoms with van der Waals surface area (Å²) in [5.74, 6) is -0.315. The Morgan fingerprint density at radius 1 is 1.22 bits per heavy atom. The van der Waals surface area contributed by atoms with Gasteiger partial charge in [-0.05, 0) is 54.8 Å². The number of methoxy groups -OCH3 is 1. The zero-order valence-corrected chi connectivity index (χ0v) is 14.2. The summed E-state index contributed by atoms with van der Waals surface area (Å²) >= 11 is 0. The summed E-state index contributed by atoms with van der Waals surface area (Å²) in [4.78, 5) is 0.168. The third-order valence-corrected chi connectivity index (χ3v) is 5.00. The minimum absolute atomic E-state index is 0.168. The smallest absolute Gasteiger partial charge is 0.240 e.